The third-order valence-electron chi connectivity index (χ3n) is 6.08. The number of ether oxygens (including phenoxy) is 2. The van der Waals surface area contributed by atoms with Gasteiger partial charge in [0, 0.05) is 10.7 Å². The molecule has 0 radical (unpaired) electrons. The summed E-state index contributed by atoms with van der Waals surface area (Å²) < 4.78 is 39.5. The fourth-order valence-electron chi connectivity index (χ4n) is 3.87. The van der Waals surface area contributed by atoms with Gasteiger partial charge < -0.3 is 14.8 Å². The molecule has 0 aliphatic carbocycles. The molecule has 0 heterocycles. The molecule has 0 bridgehead atoms. The van der Waals surface area contributed by atoms with E-state index in [1.807, 2.05) is 6.92 Å². The monoisotopic (exact) mass is 698 g/mol. The summed E-state index contributed by atoms with van der Waals surface area (Å²) in [6.45, 7) is 1.16. The highest BCUT2D eigenvalue weighted by Crippen LogP contribution is 2.30. The standard InChI is InChI=1S/C31H28BrClN4O6S/c1-21-6-10-25(11-7-21)37(44(40,41)27-14-15-29(42-2)28(32)17-27)19-30(38)36-34-18-22-8-12-26(13-9-22)43-20-31(39)35-24-5-3-4-23(33)16-24/h3-18H,19-20H2,1-2H3,(H,35,39)(H,36,38)/b34-18-. The Kier molecular flexibility index (Phi) is 11.0. The summed E-state index contributed by atoms with van der Waals surface area (Å²) >= 11 is 9.25. The second kappa shape index (κ2) is 14.9. The van der Waals surface area contributed by atoms with Crippen LogP contribution in [0, 0.1) is 6.92 Å². The maximum Gasteiger partial charge on any atom is 0.264 e. The largest absolute Gasteiger partial charge is 0.496 e. The average Bonchev–Trinajstić information content (AvgIpc) is 3.00. The highest BCUT2D eigenvalue weighted by atomic mass is 79.9. The molecular weight excluding hydrogens is 672 g/mol. The number of benzene rings is 4. The van der Waals surface area contributed by atoms with Crippen LogP contribution in [0.15, 0.2) is 105 Å². The van der Waals surface area contributed by atoms with E-state index in [9.17, 15) is 18.0 Å². The van der Waals surface area contributed by atoms with Crippen molar-refractivity contribution >= 4 is 67.0 Å². The molecule has 10 nitrogen and oxygen atoms in total. The Morgan fingerprint density at radius 2 is 1.70 bits per heavy atom. The zero-order valence-corrected chi connectivity index (χ0v) is 26.8. The first-order chi connectivity index (χ1) is 21.0. The molecule has 2 N–H and O–H groups in total. The average molecular weight is 700 g/mol. The van der Waals surface area contributed by atoms with Gasteiger partial charge in [-0.2, -0.15) is 5.10 Å². The molecule has 2 amide bonds. The Morgan fingerprint density at radius 3 is 2.36 bits per heavy atom. The molecule has 0 saturated heterocycles. The highest BCUT2D eigenvalue weighted by molar-refractivity contribution is 9.10. The van der Waals surface area contributed by atoms with Crippen molar-refractivity contribution in [2.24, 2.45) is 5.10 Å². The Morgan fingerprint density at radius 1 is 0.977 bits per heavy atom. The van der Waals surface area contributed by atoms with Gasteiger partial charge in [0.05, 0.1) is 28.4 Å². The number of amides is 2. The quantitative estimate of drug-likeness (QED) is 0.143. The number of hydrogen-bond donors (Lipinski definition) is 2. The predicted molar refractivity (Wildman–Crippen MR) is 174 cm³/mol. The molecule has 0 unspecified atom stereocenters. The van der Waals surface area contributed by atoms with Gasteiger partial charge in [0.2, 0.25) is 0 Å². The summed E-state index contributed by atoms with van der Waals surface area (Å²) in [5.41, 5.74) is 4.83. The van der Waals surface area contributed by atoms with Gasteiger partial charge in [-0.3, -0.25) is 13.9 Å². The van der Waals surface area contributed by atoms with Gasteiger partial charge in [-0.15, -0.1) is 0 Å². The van der Waals surface area contributed by atoms with Crippen LogP contribution in [0.25, 0.3) is 0 Å². The van der Waals surface area contributed by atoms with Gasteiger partial charge in [0.1, 0.15) is 18.0 Å². The second-order valence-corrected chi connectivity index (χ2v) is 12.5. The lowest BCUT2D eigenvalue weighted by molar-refractivity contribution is -0.119. The first-order valence-electron chi connectivity index (χ1n) is 13.1. The van der Waals surface area contributed by atoms with Crippen LogP contribution in [0.4, 0.5) is 11.4 Å². The topological polar surface area (TPSA) is 126 Å². The van der Waals surface area contributed by atoms with Gasteiger partial charge in [-0.25, -0.2) is 13.8 Å². The molecule has 0 atom stereocenters. The van der Waals surface area contributed by atoms with Crippen molar-refractivity contribution in [2.45, 2.75) is 11.8 Å². The molecule has 228 valence electrons. The van der Waals surface area contributed by atoms with Crippen molar-refractivity contribution in [3.63, 3.8) is 0 Å². The van der Waals surface area contributed by atoms with Crippen molar-refractivity contribution in [1.82, 2.24) is 5.43 Å². The van der Waals surface area contributed by atoms with E-state index in [-0.39, 0.29) is 17.4 Å². The highest BCUT2D eigenvalue weighted by Gasteiger charge is 2.28. The number of rotatable bonds is 12. The third kappa shape index (κ3) is 8.82. The number of hydrazone groups is 1. The van der Waals surface area contributed by atoms with Crippen LogP contribution < -0.4 is 24.5 Å². The number of carbonyl (C=O) groups is 2. The molecule has 0 aliphatic heterocycles. The van der Waals surface area contributed by atoms with Crippen molar-refractivity contribution < 1.29 is 27.5 Å². The van der Waals surface area contributed by atoms with E-state index >= 15 is 0 Å². The van der Waals surface area contributed by atoms with Crippen molar-refractivity contribution in [3.8, 4) is 11.5 Å². The summed E-state index contributed by atoms with van der Waals surface area (Å²) in [5, 5.41) is 7.17. The van der Waals surface area contributed by atoms with Gasteiger partial charge in [-0.1, -0.05) is 35.4 Å². The molecule has 13 heteroatoms. The molecule has 0 aliphatic rings. The van der Waals surface area contributed by atoms with Crippen LogP contribution in [0.2, 0.25) is 5.02 Å². The summed E-state index contributed by atoms with van der Waals surface area (Å²) in [7, 11) is -2.66. The zero-order chi connectivity index (χ0) is 31.7. The van der Waals surface area contributed by atoms with E-state index in [1.165, 1.54) is 31.5 Å². The van der Waals surface area contributed by atoms with Gasteiger partial charge >= 0.3 is 0 Å². The summed E-state index contributed by atoms with van der Waals surface area (Å²) in [5.74, 6) is -0.0704. The van der Waals surface area contributed by atoms with E-state index in [0.717, 1.165) is 9.87 Å². The van der Waals surface area contributed by atoms with E-state index in [1.54, 1.807) is 72.8 Å². The number of hydrogen-bond acceptors (Lipinski definition) is 7. The number of anilines is 2. The van der Waals surface area contributed by atoms with Crippen molar-refractivity contribution in [1.29, 1.82) is 0 Å². The van der Waals surface area contributed by atoms with Crippen molar-refractivity contribution in [3.05, 3.63) is 112 Å². The van der Waals surface area contributed by atoms with Crippen LogP contribution in [-0.2, 0) is 19.6 Å². The van der Waals surface area contributed by atoms with E-state index in [4.69, 9.17) is 21.1 Å². The van der Waals surface area contributed by atoms with Crippen LogP contribution in [0.1, 0.15) is 11.1 Å². The summed E-state index contributed by atoms with van der Waals surface area (Å²) in [6, 6.07) is 24.6. The molecular formula is C31H28BrClN4O6S. The maximum absolute atomic E-state index is 13.6. The summed E-state index contributed by atoms with van der Waals surface area (Å²) in [6.07, 6.45) is 1.40. The minimum Gasteiger partial charge on any atom is -0.496 e. The summed E-state index contributed by atoms with van der Waals surface area (Å²) in [4.78, 5) is 25.0. The zero-order valence-electron chi connectivity index (χ0n) is 23.7. The smallest absolute Gasteiger partial charge is 0.264 e. The van der Waals surface area contributed by atoms with Crippen molar-refractivity contribution in [2.75, 3.05) is 29.9 Å². The van der Waals surface area contributed by atoms with Crippen LogP contribution >= 0.6 is 27.5 Å². The number of nitrogens with one attached hydrogen (secondary N) is 2. The first-order valence-corrected chi connectivity index (χ1v) is 15.7. The SMILES string of the molecule is COc1ccc(S(=O)(=O)N(CC(=O)N/N=C\c2ccc(OCC(=O)Nc3cccc(Cl)c3)cc2)c2ccc(C)cc2)cc1Br. The number of carbonyl (C=O) groups excluding carboxylic acids is 2. The van der Waals surface area contributed by atoms with Crippen LogP contribution in [0.3, 0.4) is 0 Å². The number of methoxy groups -OCH3 is 1. The van der Waals surface area contributed by atoms with Gasteiger partial charge in [0.25, 0.3) is 21.8 Å². The number of sulfonamides is 1. The lowest BCUT2D eigenvalue weighted by Crippen LogP contribution is -2.39. The van der Waals surface area contributed by atoms with Gasteiger partial charge in [-0.05, 0) is 101 Å². The lowest BCUT2D eigenvalue weighted by Gasteiger charge is -2.24. The maximum atomic E-state index is 13.6. The Bertz CT molecular complexity index is 1770. The number of halogens is 2. The Labute approximate surface area is 268 Å². The molecule has 0 saturated carbocycles. The van der Waals surface area contributed by atoms with Gasteiger partial charge in [0.15, 0.2) is 6.61 Å². The second-order valence-electron chi connectivity index (χ2n) is 9.35. The first kappa shape index (κ1) is 32.5. The Balaban J connectivity index is 1.37. The number of nitrogens with zero attached hydrogens (tertiary/aromatic N) is 2. The minimum atomic E-state index is -4.14. The molecule has 0 fully saturated rings. The fourth-order valence-corrected chi connectivity index (χ4v) is 6.20. The molecule has 44 heavy (non-hydrogen) atoms. The molecule has 4 rings (SSSR count). The normalized spacial score (nSPS) is 11.2. The predicted octanol–water partition coefficient (Wildman–Crippen LogP) is 5.78. The number of aryl methyl sites for hydroxylation is 1. The van der Waals surface area contributed by atoms with Crippen LogP contribution in [-0.4, -0.2) is 46.7 Å². The lowest BCUT2D eigenvalue weighted by atomic mass is 10.2. The molecule has 4 aromatic rings. The van der Waals surface area contributed by atoms with E-state index in [0.29, 0.717) is 37.9 Å². The Hall–Kier alpha value is -4.39. The minimum absolute atomic E-state index is 0.0219. The third-order valence-corrected chi connectivity index (χ3v) is 8.71. The molecule has 0 aromatic heterocycles. The molecule has 4 aromatic carbocycles. The fraction of sp³-hybridized carbons (Fsp3) is 0.129. The van der Waals surface area contributed by atoms with E-state index < -0.39 is 22.5 Å². The molecule has 0 spiro atoms. The van der Waals surface area contributed by atoms with Crippen LogP contribution in [0.5, 0.6) is 11.5 Å². The van der Waals surface area contributed by atoms with E-state index in [2.05, 4.69) is 31.8 Å².